The molecule has 39 heavy (non-hydrogen) atoms. The van der Waals surface area contributed by atoms with Gasteiger partial charge in [0.2, 0.25) is 17.7 Å². The summed E-state index contributed by atoms with van der Waals surface area (Å²) < 4.78 is 0. The normalized spacial score (nSPS) is 30.6. The molecule has 1 heterocycles. The summed E-state index contributed by atoms with van der Waals surface area (Å²) in [6.45, 7) is 10.7. The number of benzene rings is 1. The van der Waals surface area contributed by atoms with E-state index in [4.69, 9.17) is 11.6 Å². The minimum atomic E-state index is -1.10. The van der Waals surface area contributed by atoms with E-state index >= 15 is 0 Å². The summed E-state index contributed by atoms with van der Waals surface area (Å²) in [5.74, 6) is 0.835. The van der Waals surface area contributed by atoms with E-state index in [9.17, 15) is 19.5 Å². The van der Waals surface area contributed by atoms with E-state index in [2.05, 4.69) is 10.6 Å². The Morgan fingerprint density at radius 2 is 1.72 bits per heavy atom. The van der Waals surface area contributed by atoms with Gasteiger partial charge in [0.15, 0.2) is 0 Å². The van der Waals surface area contributed by atoms with Crippen molar-refractivity contribution in [1.82, 2.24) is 15.5 Å². The molecule has 0 aromatic heterocycles. The van der Waals surface area contributed by atoms with Crippen LogP contribution in [-0.4, -0.2) is 53.4 Å². The Morgan fingerprint density at radius 1 is 1.10 bits per heavy atom. The number of likely N-dealkylation sites (tertiary alicyclic amines) is 1. The van der Waals surface area contributed by atoms with E-state index < -0.39 is 17.1 Å². The third kappa shape index (κ3) is 6.45. The maximum atomic E-state index is 13.8. The lowest BCUT2D eigenvalue weighted by Crippen LogP contribution is -2.60. The van der Waals surface area contributed by atoms with Gasteiger partial charge in [-0.25, -0.2) is 0 Å². The number of nitrogens with zero attached hydrogens (tertiary/aromatic N) is 1. The maximum Gasteiger partial charge on any atom is 0.245 e. The molecule has 1 aromatic carbocycles. The molecule has 1 aromatic rings. The summed E-state index contributed by atoms with van der Waals surface area (Å²) in [5, 5.41) is 18.4. The number of fused-ring (bicyclic) bond motifs is 2. The molecule has 4 atom stereocenters. The minimum absolute atomic E-state index is 0.0748. The maximum absolute atomic E-state index is 13.8. The minimum Gasteiger partial charge on any atom is -0.384 e. The van der Waals surface area contributed by atoms with Gasteiger partial charge in [-0.2, -0.15) is 0 Å². The molecule has 3 fully saturated rings. The van der Waals surface area contributed by atoms with Crippen molar-refractivity contribution in [3.8, 4) is 0 Å². The molecule has 8 heteroatoms. The first kappa shape index (κ1) is 29.9. The molecular formula is C31H46ClN3O4. The number of rotatable bonds is 8. The van der Waals surface area contributed by atoms with Crippen LogP contribution in [-0.2, 0) is 20.0 Å². The summed E-state index contributed by atoms with van der Waals surface area (Å²) in [7, 11) is 0. The van der Waals surface area contributed by atoms with Gasteiger partial charge >= 0.3 is 0 Å². The number of piperidine rings is 1. The Bertz CT molecular complexity index is 1060. The van der Waals surface area contributed by atoms with Crippen LogP contribution >= 0.6 is 11.6 Å². The molecule has 3 aliphatic rings. The van der Waals surface area contributed by atoms with Crippen molar-refractivity contribution in [2.75, 3.05) is 19.6 Å². The zero-order valence-corrected chi connectivity index (χ0v) is 24.9. The van der Waals surface area contributed by atoms with Crippen molar-refractivity contribution in [1.29, 1.82) is 0 Å². The number of nitrogens with one attached hydrogen (secondary N) is 2. The van der Waals surface area contributed by atoms with Crippen LogP contribution in [0.5, 0.6) is 0 Å². The molecule has 3 amide bonds. The molecule has 3 N–H and O–H groups in total. The van der Waals surface area contributed by atoms with E-state index in [1.54, 1.807) is 17.0 Å². The van der Waals surface area contributed by atoms with Crippen molar-refractivity contribution in [3.63, 3.8) is 0 Å². The summed E-state index contributed by atoms with van der Waals surface area (Å²) in [6.07, 6.45) is 6.24. The molecule has 0 spiro atoms. The number of aliphatic hydroxyl groups is 1. The van der Waals surface area contributed by atoms with E-state index in [1.807, 2.05) is 39.8 Å². The van der Waals surface area contributed by atoms with Crippen LogP contribution in [0.15, 0.2) is 24.3 Å². The largest absolute Gasteiger partial charge is 0.384 e. The fourth-order valence-corrected chi connectivity index (χ4v) is 7.69. The topological polar surface area (TPSA) is 98.7 Å². The first-order chi connectivity index (χ1) is 18.2. The molecule has 2 saturated carbocycles. The van der Waals surface area contributed by atoms with Crippen LogP contribution in [0.4, 0.5) is 0 Å². The highest BCUT2D eigenvalue weighted by molar-refractivity contribution is 6.30. The summed E-state index contributed by atoms with van der Waals surface area (Å²) in [5.41, 5.74) is -1.17. The highest BCUT2D eigenvalue weighted by atomic mass is 35.5. The van der Waals surface area contributed by atoms with Crippen molar-refractivity contribution < 1.29 is 19.5 Å². The zero-order chi connectivity index (χ0) is 28.6. The molecule has 1 saturated heterocycles. The fourth-order valence-electron chi connectivity index (χ4n) is 7.57. The second-order valence-electron chi connectivity index (χ2n) is 13.6. The predicted octanol–water partition coefficient (Wildman–Crippen LogP) is 4.65. The molecule has 4 rings (SSSR count). The number of hydrogen-bond acceptors (Lipinski definition) is 4. The third-order valence-electron chi connectivity index (χ3n) is 9.67. The molecule has 7 nitrogen and oxygen atoms in total. The van der Waals surface area contributed by atoms with Gasteiger partial charge in [-0.05, 0) is 66.5 Å². The average Bonchev–Trinajstić information content (AvgIpc) is 3.21. The molecule has 216 valence electrons. The summed E-state index contributed by atoms with van der Waals surface area (Å²) >= 11 is 6.07. The van der Waals surface area contributed by atoms with E-state index in [-0.39, 0.29) is 29.1 Å². The lowest BCUT2D eigenvalue weighted by Gasteiger charge is -2.51. The van der Waals surface area contributed by atoms with Crippen molar-refractivity contribution in [2.24, 2.45) is 28.6 Å². The van der Waals surface area contributed by atoms with Gasteiger partial charge in [0.25, 0.3) is 0 Å². The molecule has 2 aliphatic carbocycles. The summed E-state index contributed by atoms with van der Waals surface area (Å²) in [4.78, 5) is 40.8. The first-order valence-corrected chi connectivity index (χ1v) is 14.9. The Hall–Kier alpha value is -2.12. The monoisotopic (exact) mass is 559 g/mol. The molecular weight excluding hydrogens is 514 g/mol. The van der Waals surface area contributed by atoms with Gasteiger partial charge in [0, 0.05) is 43.4 Å². The molecule has 2 bridgehead atoms. The standard InChI is InChI=1S/C31H46ClN3O4/c1-20(2)27(34-26(37)17-30(18-33-21(3)36)15-22-6-7-23(14-22)16-30)28(38)35-13-12-31(39,29(4,5)19-35)24-8-10-25(32)11-9-24/h8-11,20,22-23,27,39H,6-7,12-19H2,1-5H3,(H,33,36)(H,34,37)/t22?,23?,27-,30?,31+/m1/s1. The Labute approximate surface area is 238 Å². The van der Waals surface area contributed by atoms with Crippen LogP contribution in [0, 0.1) is 28.6 Å². The SMILES string of the molecule is CC(=O)NCC1(CC(=O)N[C@@H](C(=O)N2CC[C@](O)(c3ccc(Cl)cc3)C(C)(C)C2)C(C)C)CC2CCC(C2)C1. The van der Waals surface area contributed by atoms with Gasteiger partial charge in [0.1, 0.15) is 6.04 Å². The zero-order valence-electron chi connectivity index (χ0n) is 24.2. The first-order valence-electron chi connectivity index (χ1n) is 14.5. The van der Waals surface area contributed by atoms with Crippen LogP contribution in [0.2, 0.25) is 5.02 Å². The second kappa shape index (κ2) is 11.4. The van der Waals surface area contributed by atoms with Crippen LogP contribution in [0.3, 0.4) is 0 Å². The second-order valence-corrected chi connectivity index (χ2v) is 14.0. The van der Waals surface area contributed by atoms with E-state index in [0.29, 0.717) is 49.3 Å². The van der Waals surface area contributed by atoms with Gasteiger partial charge in [-0.1, -0.05) is 64.3 Å². The number of carbonyl (C=O) groups excluding carboxylic acids is 3. The Morgan fingerprint density at radius 3 is 2.26 bits per heavy atom. The number of halogens is 1. The molecule has 1 aliphatic heterocycles. The smallest absolute Gasteiger partial charge is 0.245 e. The average molecular weight is 560 g/mol. The van der Waals surface area contributed by atoms with Gasteiger partial charge in [-0.15, -0.1) is 0 Å². The van der Waals surface area contributed by atoms with Crippen molar-refractivity contribution in [3.05, 3.63) is 34.9 Å². The van der Waals surface area contributed by atoms with Gasteiger partial charge in [0.05, 0.1) is 5.60 Å². The van der Waals surface area contributed by atoms with Crippen molar-refractivity contribution >= 4 is 29.3 Å². The number of amides is 3. The van der Waals surface area contributed by atoms with Crippen LogP contribution in [0.25, 0.3) is 0 Å². The van der Waals surface area contributed by atoms with Crippen molar-refractivity contribution in [2.45, 2.75) is 91.2 Å². The Kier molecular flexibility index (Phi) is 8.73. The predicted molar refractivity (Wildman–Crippen MR) is 153 cm³/mol. The van der Waals surface area contributed by atoms with Crippen LogP contribution in [0.1, 0.15) is 85.1 Å². The molecule has 2 unspecified atom stereocenters. The highest BCUT2D eigenvalue weighted by Crippen LogP contribution is 2.52. The molecule has 0 radical (unpaired) electrons. The highest BCUT2D eigenvalue weighted by Gasteiger charge is 2.51. The summed E-state index contributed by atoms with van der Waals surface area (Å²) in [6, 6.07) is 6.63. The van der Waals surface area contributed by atoms with Crippen LogP contribution < -0.4 is 10.6 Å². The van der Waals surface area contributed by atoms with Gasteiger partial charge < -0.3 is 20.6 Å². The fraction of sp³-hybridized carbons (Fsp3) is 0.710. The Balaban J connectivity index is 1.45. The number of hydrogen-bond donors (Lipinski definition) is 3. The quantitative estimate of drug-likeness (QED) is 0.432. The van der Waals surface area contributed by atoms with Gasteiger partial charge in [-0.3, -0.25) is 14.4 Å². The third-order valence-corrected chi connectivity index (χ3v) is 9.93. The lowest BCUT2D eigenvalue weighted by molar-refractivity contribution is -0.157. The number of carbonyl (C=O) groups is 3. The lowest BCUT2D eigenvalue weighted by atomic mass is 9.66. The van der Waals surface area contributed by atoms with E-state index in [0.717, 1.165) is 18.4 Å². The van der Waals surface area contributed by atoms with E-state index in [1.165, 1.54) is 26.2 Å².